The van der Waals surface area contributed by atoms with Crippen molar-refractivity contribution in [2.24, 2.45) is 4.99 Å². The van der Waals surface area contributed by atoms with Gasteiger partial charge in [0.05, 0.1) is 11.7 Å². The first-order valence-electron chi connectivity index (χ1n) is 8.39. The molecule has 0 spiro atoms. The van der Waals surface area contributed by atoms with E-state index < -0.39 is 5.54 Å². The van der Waals surface area contributed by atoms with Crippen molar-refractivity contribution in [3.05, 3.63) is 28.7 Å². The summed E-state index contributed by atoms with van der Waals surface area (Å²) in [6.07, 6.45) is 4.29. The first-order chi connectivity index (χ1) is 11.7. The molecule has 0 aliphatic carbocycles. The molecule has 0 radical (unpaired) electrons. The van der Waals surface area contributed by atoms with E-state index in [0.29, 0.717) is 12.4 Å². The normalized spacial score (nSPS) is 23.4. The van der Waals surface area contributed by atoms with E-state index in [9.17, 15) is 5.21 Å². The van der Waals surface area contributed by atoms with Gasteiger partial charge in [-0.15, -0.1) is 0 Å². The molecule has 0 amide bonds. The van der Waals surface area contributed by atoms with E-state index in [-0.39, 0.29) is 11.6 Å². The molecule has 1 fully saturated rings. The Balaban J connectivity index is 2.24. The second-order valence-electron chi connectivity index (χ2n) is 7.65. The predicted molar refractivity (Wildman–Crippen MR) is 103 cm³/mol. The van der Waals surface area contributed by atoms with Crippen molar-refractivity contribution >= 4 is 27.6 Å². The van der Waals surface area contributed by atoms with Crippen molar-refractivity contribution in [2.75, 3.05) is 5.32 Å². The molecule has 1 aromatic carbocycles. The number of nitrogens with zero attached hydrogens (tertiary/aromatic N) is 3. The Kier molecular flexibility index (Phi) is 6.09. The number of hydrogen-bond acceptors (Lipinski definition) is 4. The van der Waals surface area contributed by atoms with E-state index in [1.807, 2.05) is 58.2 Å². The van der Waals surface area contributed by atoms with Crippen LogP contribution >= 0.6 is 15.9 Å². The number of para-hydroxylation sites is 1. The topological polar surface area (TPSA) is 83.7 Å². The van der Waals surface area contributed by atoms with Crippen LogP contribution < -0.4 is 10.6 Å². The van der Waals surface area contributed by atoms with Gasteiger partial charge in [-0.25, -0.2) is 4.99 Å². The molecule has 25 heavy (non-hydrogen) atoms. The average Bonchev–Trinajstić information content (AvgIpc) is 2.60. The second kappa shape index (κ2) is 7.73. The minimum Gasteiger partial charge on any atom is -0.324 e. The molecule has 1 heterocycles. The van der Waals surface area contributed by atoms with Crippen LogP contribution in [0.25, 0.3) is 0 Å². The summed E-state index contributed by atoms with van der Waals surface area (Å²) in [5, 5.41) is 26.9. The van der Waals surface area contributed by atoms with E-state index in [2.05, 4.69) is 26.6 Å². The van der Waals surface area contributed by atoms with Crippen LogP contribution in [0, 0.1) is 11.5 Å². The highest BCUT2D eigenvalue weighted by Gasteiger charge is 2.41. The van der Waals surface area contributed by atoms with Gasteiger partial charge < -0.3 is 10.5 Å². The molecular formula is C18H26BrN5O. The third-order valence-corrected chi connectivity index (χ3v) is 5.28. The molecule has 136 valence electrons. The zero-order valence-corrected chi connectivity index (χ0v) is 16.8. The number of hydroxylamine groups is 2. The summed E-state index contributed by atoms with van der Waals surface area (Å²) in [5.41, 5.74) is 0.118. The van der Waals surface area contributed by atoms with Gasteiger partial charge in [-0.05, 0) is 75.0 Å². The van der Waals surface area contributed by atoms with Crippen LogP contribution in [0.15, 0.2) is 33.7 Å². The molecule has 1 unspecified atom stereocenters. The quantitative estimate of drug-likeness (QED) is 0.297. The van der Waals surface area contributed by atoms with Crippen LogP contribution in [0.3, 0.4) is 0 Å². The number of nitriles is 1. The molecule has 1 aromatic rings. The summed E-state index contributed by atoms with van der Waals surface area (Å²) >= 11 is 3.49. The Bertz CT molecular complexity index is 680. The number of nitrogens with one attached hydrogen (secondary N) is 2. The van der Waals surface area contributed by atoms with Gasteiger partial charge in [0.15, 0.2) is 6.19 Å². The Morgan fingerprint density at radius 2 is 2.00 bits per heavy atom. The maximum atomic E-state index is 10.6. The van der Waals surface area contributed by atoms with E-state index in [1.54, 1.807) is 0 Å². The SMILES string of the molecule is CC1(C)CCC(N=C(NC#N)Nc2ccccc2Br)CC(C)(C)N1O. The Hall–Kier alpha value is -1.62. The molecule has 1 aliphatic heterocycles. The summed E-state index contributed by atoms with van der Waals surface area (Å²) in [7, 11) is 0. The van der Waals surface area contributed by atoms with Crippen LogP contribution in [0.5, 0.6) is 0 Å². The molecule has 1 saturated heterocycles. The lowest BCUT2D eigenvalue weighted by Gasteiger charge is -2.42. The zero-order valence-electron chi connectivity index (χ0n) is 15.2. The Labute approximate surface area is 158 Å². The van der Waals surface area contributed by atoms with Crippen LogP contribution in [-0.4, -0.2) is 33.3 Å². The van der Waals surface area contributed by atoms with Crippen molar-refractivity contribution in [3.63, 3.8) is 0 Å². The van der Waals surface area contributed by atoms with Crippen molar-refractivity contribution in [1.29, 1.82) is 5.26 Å². The van der Waals surface area contributed by atoms with Crippen molar-refractivity contribution in [3.8, 4) is 6.19 Å². The second-order valence-corrected chi connectivity index (χ2v) is 8.51. The molecule has 1 aliphatic rings. The summed E-state index contributed by atoms with van der Waals surface area (Å²) in [4.78, 5) is 4.73. The fraction of sp³-hybridized carbons (Fsp3) is 0.556. The Morgan fingerprint density at radius 3 is 2.64 bits per heavy atom. The maximum Gasteiger partial charge on any atom is 0.209 e. The number of halogens is 1. The molecule has 6 nitrogen and oxygen atoms in total. The molecule has 0 aromatic heterocycles. The number of anilines is 1. The van der Waals surface area contributed by atoms with Gasteiger partial charge in [-0.2, -0.15) is 10.3 Å². The third kappa shape index (κ3) is 4.94. The van der Waals surface area contributed by atoms with Crippen molar-refractivity contribution < 1.29 is 5.21 Å². The number of rotatable bonds is 2. The lowest BCUT2D eigenvalue weighted by atomic mass is 9.94. The molecule has 0 bridgehead atoms. The molecule has 7 heteroatoms. The van der Waals surface area contributed by atoms with E-state index in [4.69, 9.17) is 10.3 Å². The fourth-order valence-electron chi connectivity index (χ4n) is 3.34. The van der Waals surface area contributed by atoms with Gasteiger partial charge >= 0.3 is 0 Å². The minimum absolute atomic E-state index is 0.00253. The minimum atomic E-state index is -0.404. The van der Waals surface area contributed by atoms with Gasteiger partial charge in [-0.3, -0.25) is 5.32 Å². The predicted octanol–water partition coefficient (Wildman–Crippen LogP) is 4.09. The number of aliphatic imine (C=N–C) groups is 1. The molecule has 3 N–H and O–H groups in total. The van der Waals surface area contributed by atoms with Crippen molar-refractivity contribution in [1.82, 2.24) is 10.4 Å². The lowest BCUT2D eigenvalue weighted by molar-refractivity contribution is -0.221. The van der Waals surface area contributed by atoms with Gasteiger partial charge in [0.1, 0.15) is 0 Å². The first-order valence-corrected chi connectivity index (χ1v) is 9.19. The van der Waals surface area contributed by atoms with Gasteiger partial charge in [-0.1, -0.05) is 12.1 Å². The highest BCUT2D eigenvalue weighted by molar-refractivity contribution is 9.10. The molecule has 1 atom stereocenters. The number of guanidine groups is 1. The van der Waals surface area contributed by atoms with Gasteiger partial charge in [0.25, 0.3) is 0 Å². The van der Waals surface area contributed by atoms with E-state index in [0.717, 1.165) is 23.0 Å². The summed E-state index contributed by atoms with van der Waals surface area (Å²) in [6.45, 7) is 8.10. The van der Waals surface area contributed by atoms with Gasteiger partial charge in [0.2, 0.25) is 5.96 Å². The summed E-state index contributed by atoms with van der Waals surface area (Å²) in [6, 6.07) is 7.67. The van der Waals surface area contributed by atoms with Gasteiger partial charge in [0, 0.05) is 15.6 Å². The smallest absolute Gasteiger partial charge is 0.209 e. The molecule has 0 saturated carbocycles. The molecular weight excluding hydrogens is 382 g/mol. The summed E-state index contributed by atoms with van der Waals surface area (Å²) < 4.78 is 0.895. The fourth-order valence-corrected chi connectivity index (χ4v) is 3.73. The third-order valence-electron chi connectivity index (χ3n) is 4.58. The largest absolute Gasteiger partial charge is 0.324 e. The standard InChI is InChI=1S/C18H26BrN5O/c1-17(2)10-9-13(11-18(3,4)24(17)25)22-16(21-12-20)23-15-8-6-5-7-14(15)19/h5-8,13,25H,9-11H2,1-4H3,(H2,21,22,23). The van der Waals surface area contributed by atoms with Crippen LogP contribution in [0.4, 0.5) is 5.69 Å². The average molecular weight is 408 g/mol. The summed E-state index contributed by atoms with van der Waals surface area (Å²) in [5.74, 6) is 0.416. The highest BCUT2D eigenvalue weighted by Crippen LogP contribution is 2.36. The monoisotopic (exact) mass is 407 g/mol. The maximum absolute atomic E-state index is 10.6. The zero-order chi connectivity index (χ0) is 18.7. The number of hydrogen-bond donors (Lipinski definition) is 3. The lowest BCUT2D eigenvalue weighted by Crippen LogP contribution is -2.52. The van der Waals surface area contributed by atoms with Crippen LogP contribution in [-0.2, 0) is 0 Å². The first kappa shape index (κ1) is 19.7. The van der Waals surface area contributed by atoms with Crippen molar-refractivity contribution in [2.45, 2.75) is 64.1 Å². The van der Waals surface area contributed by atoms with E-state index in [1.165, 1.54) is 5.06 Å². The number of benzene rings is 1. The molecule has 2 rings (SSSR count). The van der Waals surface area contributed by atoms with E-state index >= 15 is 0 Å². The highest BCUT2D eigenvalue weighted by atomic mass is 79.9. The van der Waals surface area contributed by atoms with Crippen LogP contribution in [0.1, 0.15) is 47.0 Å². The van der Waals surface area contributed by atoms with Crippen LogP contribution in [0.2, 0.25) is 0 Å². The Morgan fingerprint density at radius 1 is 1.32 bits per heavy atom.